The molecule has 4 atom stereocenters. The molecule has 268 valence electrons. The van der Waals surface area contributed by atoms with Gasteiger partial charge in [-0.15, -0.1) is 0 Å². The molecule has 3 unspecified atom stereocenters. The van der Waals surface area contributed by atoms with E-state index in [9.17, 15) is 19.0 Å². The third-order valence-electron chi connectivity index (χ3n) is 8.59. The number of rotatable bonds is 33. The van der Waals surface area contributed by atoms with E-state index in [0.29, 0.717) is 6.42 Å². The molecule has 0 radical (unpaired) electrons. The summed E-state index contributed by atoms with van der Waals surface area (Å²) in [5, 5.41) is 0. The molecule has 9 nitrogen and oxygen atoms in total. The van der Waals surface area contributed by atoms with Gasteiger partial charge in [-0.25, -0.2) is 0 Å². The van der Waals surface area contributed by atoms with Gasteiger partial charge in [0.1, 0.15) is 13.2 Å². The smallest absolute Gasteiger partial charge is 0.306 e. The lowest BCUT2D eigenvalue weighted by Crippen LogP contribution is -2.52. The van der Waals surface area contributed by atoms with Crippen LogP contribution < -0.4 is 10.6 Å². The quantitative estimate of drug-likeness (QED) is 0.0422. The Kier molecular flexibility index (Phi) is 29.7. The minimum atomic E-state index is -4.57. The summed E-state index contributed by atoms with van der Waals surface area (Å²) in [5.74, 6) is 0.807. The van der Waals surface area contributed by atoms with Crippen LogP contribution in [0.15, 0.2) is 0 Å². The number of hydrogen-bond acceptors (Lipinski definition) is 8. The SMILES string of the molecule is CCC(C)CCCCCCCCCCC(=O)OC[C@@H](COP(=O)([O-])OCC[NH3+])OC(=O)CCCCCCCCCCC(C)CC. The van der Waals surface area contributed by atoms with Crippen LogP contribution >= 0.6 is 7.82 Å². The van der Waals surface area contributed by atoms with E-state index in [0.717, 1.165) is 50.4 Å². The highest BCUT2D eigenvalue weighted by Gasteiger charge is 2.21. The summed E-state index contributed by atoms with van der Waals surface area (Å²) in [5.41, 5.74) is 3.54. The van der Waals surface area contributed by atoms with E-state index in [2.05, 4.69) is 33.4 Å². The number of carbonyl (C=O) groups is 2. The molecule has 0 spiro atoms. The maximum Gasteiger partial charge on any atom is 0.306 e. The van der Waals surface area contributed by atoms with E-state index in [1.807, 2.05) is 0 Å². The van der Waals surface area contributed by atoms with Gasteiger partial charge in [0.25, 0.3) is 7.82 Å². The van der Waals surface area contributed by atoms with Gasteiger partial charge in [-0.3, -0.25) is 14.2 Å². The zero-order valence-electron chi connectivity index (χ0n) is 29.5. The first-order valence-electron chi connectivity index (χ1n) is 18.4. The van der Waals surface area contributed by atoms with Gasteiger partial charge in [-0.05, 0) is 24.7 Å². The number of carbonyl (C=O) groups excluding carboxylic acids is 2. The van der Waals surface area contributed by atoms with Crippen LogP contribution in [0.4, 0.5) is 0 Å². The normalized spacial score (nSPS) is 14.9. The Hall–Kier alpha value is -0.990. The molecule has 0 bridgehead atoms. The number of phosphoric ester groups is 1. The van der Waals surface area contributed by atoms with Crippen LogP contribution in [-0.4, -0.2) is 44.4 Å². The van der Waals surface area contributed by atoms with E-state index < -0.39 is 26.5 Å². The average Bonchev–Trinajstić information content (AvgIpc) is 3.02. The summed E-state index contributed by atoms with van der Waals surface area (Å²) in [7, 11) is -4.57. The van der Waals surface area contributed by atoms with E-state index in [1.54, 1.807) is 0 Å². The third-order valence-corrected chi connectivity index (χ3v) is 9.55. The van der Waals surface area contributed by atoms with E-state index in [-0.39, 0.29) is 38.6 Å². The first-order valence-corrected chi connectivity index (χ1v) is 19.8. The monoisotopic (exact) mass is 663 g/mol. The summed E-state index contributed by atoms with van der Waals surface area (Å²) in [6.07, 6.45) is 22.7. The topological polar surface area (TPSA) is 139 Å². The molecule has 0 rings (SSSR count). The van der Waals surface area contributed by atoms with Crippen LogP contribution in [0.1, 0.15) is 169 Å². The largest absolute Gasteiger partial charge is 0.756 e. The molecule has 0 aromatic rings. The first kappa shape index (κ1) is 44.0. The number of quaternary nitrogens is 1. The Morgan fingerprint density at radius 3 is 1.51 bits per heavy atom. The fourth-order valence-electron chi connectivity index (χ4n) is 5.06. The van der Waals surface area contributed by atoms with Crippen molar-refractivity contribution >= 4 is 19.8 Å². The van der Waals surface area contributed by atoms with Gasteiger partial charge in [0.2, 0.25) is 0 Å². The molecule has 10 heteroatoms. The van der Waals surface area contributed by atoms with E-state index in [4.69, 9.17) is 18.5 Å². The van der Waals surface area contributed by atoms with Gasteiger partial charge < -0.3 is 29.1 Å². The summed E-state index contributed by atoms with van der Waals surface area (Å²) in [6, 6.07) is 0. The molecule has 0 saturated heterocycles. The molecule has 0 saturated carbocycles. The molecular weight excluding hydrogens is 593 g/mol. The Balaban J connectivity index is 4.27. The third kappa shape index (κ3) is 30.1. The van der Waals surface area contributed by atoms with Crippen molar-refractivity contribution in [3.05, 3.63) is 0 Å². The van der Waals surface area contributed by atoms with Crippen molar-refractivity contribution in [1.29, 1.82) is 0 Å². The van der Waals surface area contributed by atoms with Crippen LogP contribution in [0.3, 0.4) is 0 Å². The van der Waals surface area contributed by atoms with Crippen molar-refractivity contribution in [3.63, 3.8) is 0 Å². The van der Waals surface area contributed by atoms with Crippen molar-refractivity contribution in [1.82, 2.24) is 0 Å². The molecule has 0 aliphatic heterocycles. The number of phosphoric acid groups is 1. The first-order chi connectivity index (χ1) is 21.6. The molecule has 0 aliphatic carbocycles. The fourth-order valence-corrected chi connectivity index (χ4v) is 5.84. The van der Waals surface area contributed by atoms with Crippen LogP contribution in [-0.2, 0) is 32.7 Å². The zero-order chi connectivity index (χ0) is 33.6. The van der Waals surface area contributed by atoms with Crippen molar-refractivity contribution in [2.24, 2.45) is 11.8 Å². The van der Waals surface area contributed by atoms with Gasteiger partial charge in [-0.1, -0.05) is 143 Å². The van der Waals surface area contributed by atoms with Crippen LogP contribution in [0.25, 0.3) is 0 Å². The predicted octanol–water partition coefficient (Wildman–Crippen LogP) is 8.08. The molecule has 45 heavy (non-hydrogen) atoms. The lowest BCUT2D eigenvalue weighted by molar-refractivity contribution is -0.373. The van der Waals surface area contributed by atoms with Gasteiger partial charge in [0.05, 0.1) is 13.2 Å². The summed E-state index contributed by atoms with van der Waals surface area (Å²) in [6.45, 7) is 8.57. The van der Waals surface area contributed by atoms with E-state index in [1.165, 1.54) is 83.5 Å². The second-order valence-electron chi connectivity index (χ2n) is 13.0. The molecule has 0 fully saturated rings. The zero-order valence-corrected chi connectivity index (χ0v) is 30.4. The standard InChI is InChI=1S/C35H70NO8P/c1-5-31(3)23-19-15-11-7-9-13-17-21-25-34(37)41-29-33(30-43-45(39,40)42-28-27-36)44-35(38)26-22-18-14-10-8-12-16-20-24-32(4)6-2/h31-33H,5-30,36H2,1-4H3,(H,39,40)/t31?,32?,33-/m0/s1. The number of esters is 2. The fraction of sp³-hybridized carbons (Fsp3) is 0.943. The molecular formula is C35H70NO8P. The summed E-state index contributed by atoms with van der Waals surface area (Å²) >= 11 is 0. The number of hydrogen-bond donors (Lipinski definition) is 1. The Morgan fingerprint density at radius 2 is 1.07 bits per heavy atom. The molecule has 0 aromatic carbocycles. The summed E-state index contributed by atoms with van der Waals surface area (Å²) < 4.78 is 32.3. The summed E-state index contributed by atoms with van der Waals surface area (Å²) in [4.78, 5) is 36.8. The maximum absolute atomic E-state index is 12.5. The number of ether oxygens (including phenoxy) is 2. The van der Waals surface area contributed by atoms with Gasteiger partial charge in [0, 0.05) is 12.8 Å². The van der Waals surface area contributed by atoms with Gasteiger partial charge in [-0.2, -0.15) is 0 Å². The predicted molar refractivity (Wildman–Crippen MR) is 179 cm³/mol. The Bertz CT molecular complexity index is 753. The van der Waals surface area contributed by atoms with Crippen molar-refractivity contribution in [3.8, 4) is 0 Å². The second kappa shape index (κ2) is 30.4. The molecule has 3 N–H and O–H groups in total. The van der Waals surface area contributed by atoms with Crippen LogP contribution in [0.5, 0.6) is 0 Å². The molecule has 0 aliphatic rings. The highest BCUT2D eigenvalue weighted by atomic mass is 31.2. The minimum Gasteiger partial charge on any atom is -0.756 e. The second-order valence-corrected chi connectivity index (χ2v) is 14.4. The maximum atomic E-state index is 12.5. The minimum absolute atomic E-state index is 0.101. The lowest BCUT2D eigenvalue weighted by atomic mass is 9.99. The van der Waals surface area contributed by atoms with Crippen molar-refractivity contribution < 1.29 is 43.3 Å². The molecule has 0 heterocycles. The number of unbranched alkanes of at least 4 members (excludes halogenated alkanes) is 14. The van der Waals surface area contributed by atoms with Crippen LogP contribution in [0, 0.1) is 11.8 Å². The highest BCUT2D eigenvalue weighted by molar-refractivity contribution is 7.45. The van der Waals surface area contributed by atoms with Gasteiger partial charge in [0.15, 0.2) is 6.10 Å². The molecule has 0 amide bonds. The van der Waals surface area contributed by atoms with Crippen LogP contribution in [0.2, 0.25) is 0 Å². The van der Waals surface area contributed by atoms with Crippen molar-refractivity contribution in [2.75, 3.05) is 26.4 Å². The Morgan fingerprint density at radius 1 is 0.644 bits per heavy atom. The molecule has 0 aromatic heterocycles. The van der Waals surface area contributed by atoms with Crippen molar-refractivity contribution in [2.45, 2.75) is 175 Å². The van der Waals surface area contributed by atoms with Gasteiger partial charge >= 0.3 is 11.9 Å². The highest BCUT2D eigenvalue weighted by Crippen LogP contribution is 2.38. The lowest BCUT2D eigenvalue weighted by Gasteiger charge is -2.25. The Labute approximate surface area is 276 Å². The van der Waals surface area contributed by atoms with E-state index >= 15 is 0 Å². The average molecular weight is 664 g/mol.